The molecule has 8 atom stereocenters. The molecule has 0 amide bonds. The first-order valence-electron chi connectivity index (χ1n) is 8.27. The third-order valence-corrected chi connectivity index (χ3v) is 6.74. The number of aliphatic hydroxyl groups is 2. The van der Waals surface area contributed by atoms with Crippen LogP contribution in [0.25, 0.3) is 0 Å². The van der Waals surface area contributed by atoms with Crippen LogP contribution >= 0.6 is 30.4 Å². The van der Waals surface area contributed by atoms with Crippen molar-refractivity contribution in [2.24, 2.45) is 23.7 Å². The second-order valence-corrected chi connectivity index (χ2v) is 11.4. The molecule has 2 saturated carbocycles. The minimum atomic E-state index is -0.556. The summed E-state index contributed by atoms with van der Waals surface area (Å²) < 4.78 is 0. The fourth-order valence-corrected chi connectivity index (χ4v) is 6.23. The molecular weight excluding hydrogens is 375 g/mol. The fourth-order valence-electron chi connectivity index (χ4n) is 4.04. The summed E-state index contributed by atoms with van der Waals surface area (Å²) in [4.78, 5) is 0. The molecule has 130 valence electrons. The zero-order valence-electron chi connectivity index (χ0n) is 14.0. The van der Waals surface area contributed by atoms with E-state index in [1.807, 2.05) is 11.8 Å². The standard InChI is InChI=1S/C16H30O2S.2ClH.Ti/c1-9-5-11(3)15(17)13(7-9)19-14-8-10(2)6-12(4)16(14)18;;;/h9-18H,5-8H2,1-4H3;2*1H;/q;;;+2/p-2. The minimum absolute atomic E-state index is 0.194. The SMILES string of the molecule is CC1CC(C)C(O)C(SC2CC(C)CC(C)C2O)C1.[Cl][Ti][Cl]. The van der Waals surface area contributed by atoms with E-state index in [0.29, 0.717) is 34.2 Å². The van der Waals surface area contributed by atoms with Crippen molar-refractivity contribution in [2.45, 2.75) is 76.1 Å². The monoisotopic (exact) mass is 404 g/mol. The molecule has 0 saturated heterocycles. The average Bonchev–Trinajstić information content (AvgIpc) is 2.42. The van der Waals surface area contributed by atoms with Crippen LogP contribution in [0.4, 0.5) is 0 Å². The second-order valence-electron chi connectivity index (χ2n) is 7.37. The summed E-state index contributed by atoms with van der Waals surface area (Å²) in [6, 6.07) is 0. The van der Waals surface area contributed by atoms with Gasteiger partial charge in [0.25, 0.3) is 0 Å². The number of hydrogen-bond donors (Lipinski definition) is 2. The van der Waals surface area contributed by atoms with E-state index in [4.69, 9.17) is 18.6 Å². The van der Waals surface area contributed by atoms with E-state index in [-0.39, 0.29) is 12.2 Å². The van der Waals surface area contributed by atoms with Crippen molar-refractivity contribution in [3.05, 3.63) is 0 Å². The molecule has 2 aliphatic carbocycles. The van der Waals surface area contributed by atoms with Gasteiger partial charge in [0, 0.05) is 10.5 Å². The van der Waals surface area contributed by atoms with Gasteiger partial charge in [-0.3, -0.25) is 0 Å². The van der Waals surface area contributed by atoms with Crippen molar-refractivity contribution in [3.8, 4) is 0 Å². The van der Waals surface area contributed by atoms with E-state index in [2.05, 4.69) is 27.7 Å². The molecule has 2 nitrogen and oxygen atoms in total. The Labute approximate surface area is 156 Å². The van der Waals surface area contributed by atoms with E-state index >= 15 is 0 Å². The maximum absolute atomic E-state index is 10.4. The molecule has 0 spiro atoms. The maximum atomic E-state index is 10.4. The number of thioether (sulfide) groups is 1. The predicted octanol–water partition coefficient (Wildman–Crippen LogP) is 4.69. The van der Waals surface area contributed by atoms with Gasteiger partial charge >= 0.3 is 35.6 Å². The van der Waals surface area contributed by atoms with Gasteiger partial charge in [0.2, 0.25) is 0 Å². The third-order valence-electron chi connectivity index (χ3n) is 5.10. The first-order chi connectivity index (χ1) is 10.3. The van der Waals surface area contributed by atoms with Crippen molar-refractivity contribution in [2.75, 3.05) is 0 Å². The molecule has 0 aromatic carbocycles. The van der Waals surface area contributed by atoms with E-state index in [0.717, 1.165) is 25.7 Å². The number of rotatable bonds is 2. The summed E-state index contributed by atoms with van der Waals surface area (Å²) in [6.45, 7) is 8.91. The van der Waals surface area contributed by atoms with Crippen LogP contribution < -0.4 is 0 Å². The van der Waals surface area contributed by atoms with Crippen molar-refractivity contribution in [1.29, 1.82) is 0 Å². The molecule has 0 aromatic rings. The molecule has 2 rings (SSSR count). The fraction of sp³-hybridized carbons (Fsp3) is 1.00. The Morgan fingerprint density at radius 2 is 1.09 bits per heavy atom. The predicted molar refractivity (Wildman–Crippen MR) is 94.0 cm³/mol. The second kappa shape index (κ2) is 10.5. The van der Waals surface area contributed by atoms with Gasteiger partial charge < -0.3 is 10.2 Å². The molecule has 0 radical (unpaired) electrons. The normalized spacial score (nSPS) is 45.6. The van der Waals surface area contributed by atoms with Crippen LogP contribution in [-0.4, -0.2) is 32.9 Å². The summed E-state index contributed by atoms with van der Waals surface area (Å²) in [5.41, 5.74) is 0. The van der Waals surface area contributed by atoms with Crippen LogP contribution in [0.2, 0.25) is 0 Å². The Hall–Kier alpha value is 1.56. The molecule has 0 heterocycles. The zero-order chi connectivity index (χ0) is 16.9. The summed E-state index contributed by atoms with van der Waals surface area (Å²) in [5.74, 6) is 2.20. The number of hydrogen-bond acceptors (Lipinski definition) is 3. The van der Waals surface area contributed by atoms with E-state index in [1.165, 1.54) is 0 Å². The van der Waals surface area contributed by atoms with Gasteiger partial charge in [-0.05, 0) is 49.4 Å². The van der Waals surface area contributed by atoms with E-state index in [9.17, 15) is 10.2 Å². The molecular formula is C16H30Cl2O2STi. The molecule has 2 aliphatic rings. The van der Waals surface area contributed by atoms with Gasteiger partial charge in [0.05, 0.1) is 12.2 Å². The molecule has 0 aromatic heterocycles. The number of halogens is 2. The number of aliphatic hydroxyl groups excluding tert-OH is 2. The Morgan fingerprint density at radius 1 is 0.773 bits per heavy atom. The molecule has 0 aliphatic heterocycles. The van der Waals surface area contributed by atoms with Crippen LogP contribution in [0, 0.1) is 23.7 Å². The molecule has 2 N–H and O–H groups in total. The van der Waals surface area contributed by atoms with Gasteiger partial charge in [-0.1, -0.05) is 27.7 Å². The van der Waals surface area contributed by atoms with Gasteiger partial charge in [-0.15, -0.1) is 11.8 Å². The van der Waals surface area contributed by atoms with Gasteiger partial charge in [-0.2, -0.15) is 0 Å². The summed E-state index contributed by atoms with van der Waals surface area (Å²) >= 11 is 1.32. The van der Waals surface area contributed by atoms with Crippen molar-refractivity contribution >= 4 is 30.4 Å². The van der Waals surface area contributed by atoms with Crippen LogP contribution in [0.3, 0.4) is 0 Å². The zero-order valence-corrected chi connectivity index (χ0v) is 17.9. The summed E-state index contributed by atoms with van der Waals surface area (Å²) in [6.07, 6.45) is 4.09. The molecule has 0 bridgehead atoms. The first kappa shape index (κ1) is 21.6. The van der Waals surface area contributed by atoms with E-state index < -0.39 is 17.0 Å². The Bertz CT molecular complexity index is 297. The Balaban J connectivity index is 0.000000745. The van der Waals surface area contributed by atoms with Gasteiger partial charge in [0.1, 0.15) is 0 Å². The van der Waals surface area contributed by atoms with Crippen molar-refractivity contribution in [3.63, 3.8) is 0 Å². The van der Waals surface area contributed by atoms with Crippen LogP contribution in [0.5, 0.6) is 0 Å². The third kappa shape index (κ3) is 6.46. The quantitative estimate of drug-likeness (QED) is 0.656. The molecule has 2 fully saturated rings. The Morgan fingerprint density at radius 3 is 1.41 bits per heavy atom. The average molecular weight is 405 g/mol. The molecule has 22 heavy (non-hydrogen) atoms. The summed E-state index contributed by atoms with van der Waals surface area (Å²) in [7, 11) is 9.78. The van der Waals surface area contributed by atoms with Gasteiger partial charge in [0.15, 0.2) is 0 Å². The van der Waals surface area contributed by atoms with Crippen LogP contribution in [0.1, 0.15) is 53.4 Å². The van der Waals surface area contributed by atoms with Crippen LogP contribution in [0.15, 0.2) is 0 Å². The van der Waals surface area contributed by atoms with E-state index in [1.54, 1.807) is 0 Å². The Kier molecular flexibility index (Phi) is 10.3. The topological polar surface area (TPSA) is 40.5 Å². The van der Waals surface area contributed by atoms with Crippen molar-refractivity contribution in [1.82, 2.24) is 0 Å². The van der Waals surface area contributed by atoms with Crippen molar-refractivity contribution < 1.29 is 27.2 Å². The summed E-state index contributed by atoms with van der Waals surface area (Å²) in [5, 5.41) is 21.4. The molecule has 6 heteroatoms. The van der Waals surface area contributed by atoms with Crippen LogP contribution in [-0.2, 0) is 17.0 Å². The first-order valence-corrected chi connectivity index (χ1v) is 13.5. The van der Waals surface area contributed by atoms with Gasteiger partial charge in [-0.25, -0.2) is 0 Å². The molecule has 8 unspecified atom stereocenters.